The molecule has 0 fully saturated rings. The molecular weight excluding hydrogens is 297 g/mol. The molecule has 0 aromatic heterocycles. The van der Waals surface area contributed by atoms with Gasteiger partial charge in [-0.05, 0) is 42.0 Å². The molecule has 3 rings (SSSR count). The van der Waals surface area contributed by atoms with Crippen LogP contribution in [0.1, 0.15) is 11.1 Å². The Hall–Kier alpha value is -2.56. The molecule has 0 spiro atoms. The Morgan fingerprint density at radius 2 is 1.91 bits per heavy atom. The molecule has 0 bridgehead atoms. The molecule has 120 valence electrons. The van der Waals surface area contributed by atoms with Crippen molar-refractivity contribution in [2.24, 2.45) is 4.99 Å². The van der Waals surface area contributed by atoms with Crippen molar-refractivity contribution in [3.8, 4) is 17.2 Å². The van der Waals surface area contributed by atoms with Gasteiger partial charge in [-0.2, -0.15) is 0 Å². The number of fused-ring (bicyclic) bond motifs is 1. The molecule has 0 amide bonds. The number of rotatable bonds is 4. The number of hydrogen-bond donors (Lipinski definition) is 0. The van der Waals surface area contributed by atoms with E-state index in [0.29, 0.717) is 18.8 Å². The number of hydrogen-bond acceptors (Lipinski definition) is 4. The average Bonchev–Trinajstić information content (AvgIpc) is 2.60. The number of benzene rings is 2. The zero-order chi connectivity index (χ0) is 16.2. The van der Waals surface area contributed by atoms with Gasteiger partial charge < -0.3 is 14.2 Å². The van der Waals surface area contributed by atoms with E-state index < -0.39 is 0 Å². The minimum Gasteiger partial charge on any atom is -0.497 e. The lowest BCUT2D eigenvalue weighted by Crippen LogP contribution is -2.25. The summed E-state index contributed by atoms with van der Waals surface area (Å²) in [6.45, 7) is 0.351. The van der Waals surface area contributed by atoms with Crippen LogP contribution < -0.4 is 14.2 Å². The van der Waals surface area contributed by atoms with Crippen molar-refractivity contribution in [2.45, 2.75) is 12.5 Å². The second kappa shape index (κ2) is 6.69. The minimum atomic E-state index is -0.363. The van der Waals surface area contributed by atoms with Gasteiger partial charge in [0, 0.05) is 18.2 Å². The van der Waals surface area contributed by atoms with Crippen LogP contribution in [0.25, 0.3) is 0 Å². The van der Waals surface area contributed by atoms with Crippen LogP contribution in [-0.2, 0) is 6.42 Å². The van der Waals surface area contributed by atoms with E-state index in [-0.39, 0.29) is 17.6 Å². The van der Waals surface area contributed by atoms with Crippen LogP contribution in [0.5, 0.6) is 17.2 Å². The summed E-state index contributed by atoms with van der Waals surface area (Å²) in [6.07, 6.45) is 2.38. The third-order valence-electron chi connectivity index (χ3n) is 3.80. The molecule has 4 nitrogen and oxygen atoms in total. The van der Waals surface area contributed by atoms with Gasteiger partial charge in [-0.3, -0.25) is 4.99 Å². The van der Waals surface area contributed by atoms with Crippen molar-refractivity contribution >= 4 is 6.21 Å². The molecular formula is C18H18FNO3. The average molecular weight is 315 g/mol. The third kappa shape index (κ3) is 3.28. The van der Waals surface area contributed by atoms with E-state index in [1.807, 2.05) is 24.3 Å². The van der Waals surface area contributed by atoms with Crippen LogP contribution in [0.4, 0.5) is 4.39 Å². The maximum atomic E-state index is 13.8. The van der Waals surface area contributed by atoms with Crippen molar-refractivity contribution in [2.75, 3.05) is 20.8 Å². The zero-order valence-corrected chi connectivity index (χ0v) is 13.1. The fourth-order valence-corrected chi connectivity index (χ4v) is 2.57. The minimum absolute atomic E-state index is 0.0692. The van der Waals surface area contributed by atoms with Crippen LogP contribution in [0, 0.1) is 5.82 Å². The lowest BCUT2D eigenvalue weighted by atomic mass is 10.0. The lowest BCUT2D eigenvalue weighted by Gasteiger charge is -2.24. The van der Waals surface area contributed by atoms with Crippen molar-refractivity contribution in [3.05, 3.63) is 53.3 Å². The zero-order valence-electron chi connectivity index (χ0n) is 13.1. The standard InChI is InChI=1S/C18H18FNO3/c1-21-14-5-3-12(4-6-14)10-20-13-9-15-17(22-2)8-7-16(19)18(15)23-11-13/h3-8,10,13H,9,11H2,1-2H3. The van der Waals surface area contributed by atoms with Gasteiger partial charge in [-0.15, -0.1) is 0 Å². The molecule has 0 saturated heterocycles. The van der Waals surface area contributed by atoms with E-state index in [4.69, 9.17) is 14.2 Å². The summed E-state index contributed by atoms with van der Waals surface area (Å²) in [6, 6.07) is 10.5. The Bertz CT molecular complexity index is 713. The molecule has 5 heteroatoms. The summed E-state index contributed by atoms with van der Waals surface area (Å²) in [5, 5.41) is 0. The van der Waals surface area contributed by atoms with E-state index in [1.54, 1.807) is 26.5 Å². The van der Waals surface area contributed by atoms with Crippen molar-refractivity contribution < 1.29 is 18.6 Å². The van der Waals surface area contributed by atoms with Gasteiger partial charge in [0.05, 0.1) is 20.3 Å². The van der Waals surface area contributed by atoms with Crippen molar-refractivity contribution in [1.29, 1.82) is 0 Å². The number of nitrogens with zero attached hydrogens (tertiary/aromatic N) is 1. The Labute approximate surface area is 134 Å². The molecule has 0 aliphatic carbocycles. The highest BCUT2D eigenvalue weighted by atomic mass is 19.1. The Balaban J connectivity index is 1.76. The SMILES string of the molecule is COc1ccc(C=NC2COc3c(F)ccc(OC)c3C2)cc1. The predicted molar refractivity (Wildman–Crippen MR) is 86.5 cm³/mol. The molecule has 23 heavy (non-hydrogen) atoms. The van der Waals surface area contributed by atoms with Crippen molar-refractivity contribution in [3.63, 3.8) is 0 Å². The number of ether oxygens (including phenoxy) is 3. The highest BCUT2D eigenvalue weighted by Crippen LogP contribution is 2.35. The van der Waals surface area contributed by atoms with Crippen LogP contribution in [-0.4, -0.2) is 33.1 Å². The van der Waals surface area contributed by atoms with E-state index in [1.165, 1.54) is 6.07 Å². The second-order valence-corrected chi connectivity index (χ2v) is 5.28. The molecule has 0 saturated carbocycles. The van der Waals surface area contributed by atoms with E-state index in [2.05, 4.69) is 4.99 Å². The van der Waals surface area contributed by atoms with Gasteiger partial charge in [0.1, 0.15) is 18.1 Å². The van der Waals surface area contributed by atoms with E-state index in [0.717, 1.165) is 16.9 Å². The normalized spacial score (nSPS) is 16.7. The first-order chi connectivity index (χ1) is 11.2. The van der Waals surface area contributed by atoms with Crippen LogP contribution in [0.3, 0.4) is 0 Å². The molecule has 0 radical (unpaired) electrons. The predicted octanol–water partition coefficient (Wildman–Crippen LogP) is 3.27. The smallest absolute Gasteiger partial charge is 0.165 e. The molecule has 1 aliphatic rings. The monoisotopic (exact) mass is 315 g/mol. The molecule has 2 aromatic carbocycles. The van der Waals surface area contributed by atoms with E-state index >= 15 is 0 Å². The third-order valence-corrected chi connectivity index (χ3v) is 3.80. The van der Waals surface area contributed by atoms with Gasteiger partial charge in [-0.25, -0.2) is 4.39 Å². The van der Waals surface area contributed by atoms with Gasteiger partial charge in [0.15, 0.2) is 11.6 Å². The van der Waals surface area contributed by atoms with Gasteiger partial charge in [-0.1, -0.05) is 0 Å². The van der Waals surface area contributed by atoms with Crippen LogP contribution >= 0.6 is 0 Å². The number of methoxy groups -OCH3 is 2. The molecule has 1 aliphatic heterocycles. The summed E-state index contributed by atoms with van der Waals surface area (Å²) in [4.78, 5) is 4.54. The maximum Gasteiger partial charge on any atom is 0.165 e. The number of aliphatic imine (C=N–C) groups is 1. The van der Waals surface area contributed by atoms with Crippen LogP contribution in [0.15, 0.2) is 41.4 Å². The topological polar surface area (TPSA) is 40.0 Å². The first-order valence-corrected chi connectivity index (χ1v) is 7.36. The van der Waals surface area contributed by atoms with Crippen molar-refractivity contribution in [1.82, 2.24) is 0 Å². The quantitative estimate of drug-likeness (QED) is 0.813. The first-order valence-electron chi connectivity index (χ1n) is 7.36. The second-order valence-electron chi connectivity index (χ2n) is 5.28. The van der Waals surface area contributed by atoms with Crippen LogP contribution in [0.2, 0.25) is 0 Å². The highest BCUT2D eigenvalue weighted by molar-refractivity contribution is 5.80. The summed E-state index contributed by atoms with van der Waals surface area (Å²) < 4.78 is 29.8. The van der Waals surface area contributed by atoms with Gasteiger partial charge in [0.25, 0.3) is 0 Å². The molecule has 0 N–H and O–H groups in total. The summed E-state index contributed by atoms with van der Waals surface area (Å²) in [5.74, 6) is 1.35. The van der Waals surface area contributed by atoms with E-state index in [9.17, 15) is 4.39 Å². The van der Waals surface area contributed by atoms with Gasteiger partial charge in [0.2, 0.25) is 0 Å². The maximum absolute atomic E-state index is 13.8. The summed E-state index contributed by atoms with van der Waals surface area (Å²) >= 11 is 0. The number of halogens is 1. The first kappa shape index (κ1) is 15.3. The summed E-state index contributed by atoms with van der Waals surface area (Å²) in [7, 11) is 3.20. The fraction of sp³-hybridized carbons (Fsp3) is 0.278. The molecule has 1 heterocycles. The Morgan fingerprint density at radius 3 is 2.61 bits per heavy atom. The molecule has 2 aromatic rings. The molecule has 1 unspecified atom stereocenters. The largest absolute Gasteiger partial charge is 0.497 e. The molecule has 1 atom stereocenters. The Morgan fingerprint density at radius 1 is 1.13 bits per heavy atom. The summed E-state index contributed by atoms with van der Waals surface area (Å²) in [5.41, 5.74) is 1.71. The Kier molecular flexibility index (Phi) is 4.46. The van der Waals surface area contributed by atoms with Gasteiger partial charge >= 0.3 is 0 Å². The highest BCUT2D eigenvalue weighted by Gasteiger charge is 2.25. The lowest BCUT2D eigenvalue weighted by molar-refractivity contribution is 0.247. The fourth-order valence-electron chi connectivity index (χ4n) is 2.57.